The summed E-state index contributed by atoms with van der Waals surface area (Å²) >= 11 is 0. The highest BCUT2D eigenvalue weighted by Crippen LogP contribution is 2.36. The lowest BCUT2D eigenvalue weighted by atomic mass is 9.77. The molecule has 0 aromatic heterocycles. The van der Waals surface area contributed by atoms with Crippen LogP contribution in [0.3, 0.4) is 0 Å². The number of benzene rings is 1. The fourth-order valence-corrected chi connectivity index (χ4v) is 2.22. The predicted molar refractivity (Wildman–Crippen MR) is 65.6 cm³/mol. The molecule has 0 saturated heterocycles. The van der Waals surface area contributed by atoms with Crippen LogP contribution in [0.5, 0.6) is 0 Å². The first-order valence-electron chi connectivity index (χ1n) is 5.74. The molecule has 1 rings (SSSR count). The van der Waals surface area contributed by atoms with Crippen molar-refractivity contribution in [3.05, 3.63) is 35.4 Å². The van der Waals surface area contributed by atoms with Gasteiger partial charge in [-0.15, -0.1) is 0 Å². The predicted octanol–water partition coefficient (Wildman–Crippen LogP) is 2.60. The molecule has 17 heavy (non-hydrogen) atoms. The van der Waals surface area contributed by atoms with Crippen LogP contribution < -0.4 is 11.1 Å². The number of halogens is 2. The van der Waals surface area contributed by atoms with E-state index in [0.717, 1.165) is 12.5 Å². The highest BCUT2D eigenvalue weighted by Gasteiger charge is 2.30. The smallest absolute Gasteiger partial charge is 0.130 e. The molecule has 0 fully saturated rings. The summed E-state index contributed by atoms with van der Waals surface area (Å²) in [6.07, 6.45) is 0.759. The van der Waals surface area contributed by atoms with Crippen LogP contribution in [-0.4, -0.2) is 13.6 Å². The summed E-state index contributed by atoms with van der Waals surface area (Å²) < 4.78 is 26.6. The summed E-state index contributed by atoms with van der Waals surface area (Å²) in [5.41, 5.74) is 5.85. The molecule has 1 unspecified atom stereocenters. The lowest BCUT2D eigenvalue weighted by Gasteiger charge is -2.34. The number of rotatable bonds is 5. The fourth-order valence-electron chi connectivity index (χ4n) is 2.22. The highest BCUT2D eigenvalue weighted by atomic mass is 19.1. The van der Waals surface area contributed by atoms with E-state index in [1.807, 2.05) is 13.8 Å². The monoisotopic (exact) mass is 242 g/mol. The van der Waals surface area contributed by atoms with Crippen molar-refractivity contribution in [2.45, 2.75) is 26.3 Å². The summed E-state index contributed by atoms with van der Waals surface area (Å²) in [7, 11) is 1.77. The molecule has 0 amide bonds. The Morgan fingerprint density at radius 1 is 1.35 bits per heavy atom. The molecule has 1 atom stereocenters. The summed E-state index contributed by atoms with van der Waals surface area (Å²) in [5.74, 6) is -1.08. The van der Waals surface area contributed by atoms with E-state index in [1.165, 1.54) is 12.1 Å². The molecule has 1 aromatic carbocycles. The molecular formula is C13H20F2N2. The van der Waals surface area contributed by atoms with Gasteiger partial charge < -0.3 is 11.1 Å². The second-order valence-electron chi connectivity index (χ2n) is 4.91. The van der Waals surface area contributed by atoms with Gasteiger partial charge in [-0.2, -0.15) is 0 Å². The van der Waals surface area contributed by atoms with E-state index in [4.69, 9.17) is 5.73 Å². The van der Waals surface area contributed by atoms with Crippen LogP contribution in [-0.2, 0) is 0 Å². The maximum Gasteiger partial charge on any atom is 0.130 e. The largest absolute Gasteiger partial charge is 0.330 e. The van der Waals surface area contributed by atoms with Crippen LogP contribution in [0.1, 0.15) is 31.9 Å². The number of nitrogens with one attached hydrogen (secondary N) is 1. The molecule has 3 N–H and O–H groups in total. The third-order valence-corrected chi connectivity index (χ3v) is 3.13. The zero-order valence-corrected chi connectivity index (χ0v) is 10.6. The Kier molecular flexibility index (Phi) is 4.60. The van der Waals surface area contributed by atoms with Gasteiger partial charge in [0.1, 0.15) is 11.6 Å². The van der Waals surface area contributed by atoms with E-state index in [2.05, 4.69) is 5.32 Å². The minimum Gasteiger partial charge on any atom is -0.330 e. The van der Waals surface area contributed by atoms with Gasteiger partial charge in [0, 0.05) is 17.7 Å². The molecule has 0 aliphatic heterocycles. The Bertz CT molecular complexity index is 378. The van der Waals surface area contributed by atoms with E-state index in [9.17, 15) is 8.78 Å². The Morgan fingerprint density at radius 2 is 2.00 bits per heavy atom. The fraction of sp³-hybridized carbons (Fsp3) is 0.538. The van der Waals surface area contributed by atoms with Crippen LogP contribution >= 0.6 is 0 Å². The van der Waals surface area contributed by atoms with Gasteiger partial charge in [-0.3, -0.25) is 0 Å². The van der Waals surface area contributed by atoms with E-state index in [-0.39, 0.29) is 11.5 Å². The van der Waals surface area contributed by atoms with E-state index in [1.54, 1.807) is 7.05 Å². The van der Waals surface area contributed by atoms with Gasteiger partial charge in [0.25, 0.3) is 0 Å². The molecule has 0 radical (unpaired) electrons. The molecule has 4 heteroatoms. The zero-order valence-electron chi connectivity index (χ0n) is 10.6. The standard InChI is InChI=1S/C13H20F2N2/c1-13(2,6-7-16)12(17-3)10-5-4-9(14)8-11(10)15/h4-5,8,12,17H,6-7,16H2,1-3H3. The minimum atomic E-state index is -0.558. The van der Waals surface area contributed by atoms with Crippen LogP contribution in [0, 0.1) is 17.0 Å². The molecule has 2 nitrogen and oxygen atoms in total. The molecule has 0 heterocycles. The van der Waals surface area contributed by atoms with Crippen molar-refractivity contribution in [2.75, 3.05) is 13.6 Å². The summed E-state index contributed by atoms with van der Waals surface area (Å²) in [6, 6.07) is 3.50. The molecule has 0 saturated carbocycles. The van der Waals surface area contributed by atoms with Crippen LogP contribution in [0.15, 0.2) is 18.2 Å². The van der Waals surface area contributed by atoms with E-state index in [0.29, 0.717) is 12.1 Å². The summed E-state index contributed by atoms with van der Waals surface area (Å²) in [5, 5.41) is 3.09. The first kappa shape index (κ1) is 14.1. The van der Waals surface area contributed by atoms with E-state index >= 15 is 0 Å². The molecule has 0 aliphatic carbocycles. The summed E-state index contributed by atoms with van der Waals surface area (Å²) in [6.45, 7) is 4.57. The maximum atomic E-state index is 13.7. The lowest BCUT2D eigenvalue weighted by Crippen LogP contribution is -2.34. The molecular weight excluding hydrogens is 222 g/mol. The second kappa shape index (κ2) is 5.56. The van der Waals surface area contributed by atoms with Crippen LogP contribution in [0.25, 0.3) is 0 Å². The van der Waals surface area contributed by atoms with E-state index < -0.39 is 11.6 Å². The normalized spacial score (nSPS) is 13.8. The Morgan fingerprint density at radius 3 is 2.47 bits per heavy atom. The quantitative estimate of drug-likeness (QED) is 0.833. The van der Waals surface area contributed by atoms with Gasteiger partial charge in [0.05, 0.1) is 0 Å². The van der Waals surface area contributed by atoms with Crippen molar-refractivity contribution < 1.29 is 8.78 Å². The van der Waals surface area contributed by atoms with Crippen molar-refractivity contribution in [3.8, 4) is 0 Å². The minimum absolute atomic E-state index is 0.188. The zero-order chi connectivity index (χ0) is 13.1. The molecule has 0 bridgehead atoms. The topological polar surface area (TPSA) is 38.0 Å². The Labute approximate surface area is 101 Å². The van der Waals surface area contributed by atoms with Gasteiger partial charge in [0.2, 0.25) is 0 Å². The molecule has 0 aliphatic rings. The number of nitrogens with two attached hydrogens (primary N) is 1. The van der Waals surface area contributed by atoms with Gasteiger partial charge >= 0.3 is 0 Å². The average molecular weight is 242 g/mol. The third-order valence-electron chi connectivity index (χ3n) is 3.13. The van der Waals surface area contributed by atoms with Gasteiger partial charge in [-0.05, 0) is 31.5 Å². The van der Waals surface area contributed by atoms with Crippen molar-refractivity contribution in [1.29, 1.82) is 0 Å². The molecule has 0 spiro atoms. The Hall–Kier alpha value is -1.00. The lowest BCUT2D eigenvalue weighted by molar-refractivity contribution is 0.234. The van der Waals surface area contributed by atoms with Crippen LogP contribution in [0.4, 0.5) is 8.78 Å². The van der Waals surface area contributed by atoms with Crippen molar-refractivity contribution in [1.82, 2.24) is 5.32 Å². The Balaban J connectivity index is 3.09. The highest BCUT2D eigenvalue weighted by molar-refractivity contribution is 5.24. The first-order chi connectivity index (χ1) is 7.92. The second-order valence-corrected chi connectivity index (χ2v) is 4.91. The average Bonchev–Trinajstić information content (AvgIpc) is 2.21. The van der Waals surface area contributed by atoms with Crippen LogP contribution in [0.2, 0.25) is 0 Å². The van der Waals surface area contributed by atoms with Crippen molar-refractivity contribution in [2.24, 2.45) is 11.1 Å². The third kappa shape index (κ3) is 3.23. The first-order valence-corrected chi connectivity index (χ1v) is 5.74. The molecule has 96 valence electrons. The SMILES string of the molecule is CNC(c1ccc(F)cc1F)C(C)(C)CCN. The number of hydrogen-bond acceptors (Lipinski definition) is 2. The van der Waals surface area contributed by atoms with Gasteiger partial charge in [-0.25, -0.2) is 8.78 Å². The van der Waals surface area contributed by atoms with Gasteiger partial charge in [-0.1, -0.05) is 19.9 Å². The van der Waals surface area contributed by atoms with Crippen molar-refractivity contribution in [3.63, 3.8) is 0 Å². The van der Waals surface area contributed by atoms with Crippen molar-refractivity contribution >= 4 is 0 Å². The maximum absolute atomic E-state index is 13.7. The number of hydrogen-bond donors (Lipinski definition) is 2. The summed E-state index contributed by atoms with van der Waals surface area (Å²) in [4.78, 5) is 0. The van der Waals surface area contributed by atoms with Gasteiger partial charge in [0.15, 0.2) is 0 Å². The molecule has 1 aromatic rings.